The van der Waals surface area contributed by atoms with E-state index in [-0.39, 0.29) is 0 Å². The number of hydrogen-bond donors (Lipinski definition) is 1. The van der Waals surface area contributed by atoms with Gasteiger partial charge in [0.25, 0.3) is 0 Å². The number of benzene rings is 1. The summed E-state index contributed by atoms with van der Waals surface area (Å²) in [5.74, 6) is 1.78. The molecule has 0 amide bonds. The molecule has 0 saturated carbocycles. The van der Waals surface area contributed by atoms with Gasteiger partial charge in [-0.1, -0.05) is 0 Å². The summed E-state index contributed by atoms with van der Waals surface area (Å²) in [7, 11) is 3.93. The monoisotopic (exact) mass is 262 g/mol. The molecule has 0 aromatic heterocycles. The van der Waals surface area contributed by atoms with Gasteiger partial charge in [0.05, 0.1) is 7.11 Å². The normalized spacial score (nSPS) is 19.3. The van der Waals surface area contributed by atoms with Crippen LogP contribution < -0.4 is 15.0 Å². The van der Waals surface area contributed by atoms with Gasteiger partial charge in [-0.3, -0.25) is 0 Å². The second-order valence-corrected chi connectivity index (χ2v) is 5.71. The van der Waals surface area contributed by atoms with Crippen LogP contribution in [0.25, 0.3) is 0 Å². The van der Waals surface area contributed by atoms with Gasteiger partial charge < -0.3 is 15.0 Å². The summed E-state index contributed by atoms with van der Waals surface area (Å²) in [4.78, 5) is 2.37. The van der Waals surface area contributed by atoms with Crippen molar-refractivity contribution in [3.63, 3.8) is 0 Å². The number of rotatable bonds is 4. The first-order valence-electron chi connectivity index (χ1n) is 7.19. The van der Waals surface area contributed by atoms with Crippen LogP contribution in [-0.4, -0.2) is 33.8 Å². The molecule has 2 rings (SSSR count). The minimum Gasteiger partial charge on any atom is -0.496 e. The van der Waals surface area contributed by atoms with Gasteiger partial charge in [-0.25, -0.2) is 0 Å². The van der Waals surface area contributed by atoms with Gasteiger partial charge in [0.2, 0.25) is 0 Å². The van der Waals surface area contributed by atoms with Crippen LogP contribution >= 0.6 is 0 Å². The number of nitrogens with zero attached hydrogens (tertiary/aromatic N) is 1. The van der Waals surface area contributed by atoms with Crippen molar-refractivity contribution in [2.45, 2.75) is 26.7 Å². The Kier molecular flexibility index (Phi) is 4.70. The van der Waals surface area contributed by atoms with Crippen LogP contribution in [0.3, 0.4) is 0 Å². The molecule has 19 heavy (non-hydrogen) atoms. The van der Waals surface area contributed by atoms with Gasteiger partial charge in [-0.2, -0.15) is 0 Å². The number of piperidine rings is 1. The largest absolute Gasteiger partial charge is 0.496 e. The zero-order valence-electron chi connectivity index (χ0n) is 12.6. The van der Waals surface area contributed by atoms with E-state index in [1.54, 1.807) is 7.11 Å². The van der Waals surface area contributed by atoms with E-state index in [4.69, 9.17) is 4.74 Å². The summed E-state index contributed by atoms with van der Waals surface area (Å²) in [5.41, 5.74) is 3.72. The molecular weight excluding hydrogens is 236 g/mol. The molecule has 1 heterocycles. The zero-order valence-corrected chi connectivity index (χ0v) is 12.6. The molecule has 1 saturated heterocycles. The molecule has 0 bridgehead atoms. The van der Waals surface area contributed by atoms with Crippen LogP contribution in [0.2, 0.25) is 0 Å². The predicted molar refractivity (Wildman–Crippen MR) is 81.3 cm³/mol. The van der Waals surface area contributed by atoms with E-state index in [0.717, 1.165) is 24.8 Å². The molecule has 1 aliphatic rings. The zero-order chi connectivity index (χ0) is 13.8. The van der Waals surface area contributed by atoms with E-state index in [1.807, 2.05) is 0 Å². The van der Waals surface area contributed by atoms with E-state index < -0.39 is 0 Å². The van der Waals surface area contributed by atoms with Gasteiger partial charge in [0, 0.05) is 19.3 Å². The van der Waals surface area contributed by atoms with Crippen molar-refractivity contribution in [3.8, 4) is 5.75 Å². The van der Waals surface area contributed by atoms with Crippen LogP contribution in [0.4, 0.5) is 5.69 Å². The van der Waals surface area contributed by atoms with Crippen LogP contribution in [-0.2, 0) is 0 Å². The third-order valence-electron chi connectivity index (χ3n) is 4.02. The van der Waals surface area contributed by atoms with Crippen molar-refractivity contribution in [2.75, 3.05) is 38.7 Å². The molecule has 1 atom stereocenters. The molecular formula is C16H26N2O. The van der Waals surface area contributed by atoms with Crippen molar-refractivity contribution in [1.29, 1.82) is 0 Å². The van der Waals surface area contributed by atoms with E-state index in [0.29, 0.717) is 0 Å². The van der Waals surface area contributed by atoms with E-state index in [1.165, 1.54) is 36.2 Å². The number of nitrogens with one attached hydrogen (secondary N) is 1. The van der Waals surface area contributed by atoms with Gasteiger partial charge in [0.1, 0.15) is 5.75 Å². The van der Waals surface area contributed by atoms with Crippen molar-refractivity contribution < 1.29 is 4.74 Å². The lowest BCUT2D eigenvalue weighted by Gasteiger charge is -2.29. The number of hydrogen-bond acceptors (Lipinski definition) is 3. The minimum absolute atomic E-state index is 0.765. The molecule has 1 aromatic rings. The first-order chi connectivity index (χ1) is 9.11. The summed E-state index contributed by atoms with van der Waals surface area (Å²) >= 11 is 0. The Bertz CT molecular complexity index is 402. The Morgan fingerprint density at radius 3 is 2.53 bits per heavy atom. The fourth-order valence-corrected chi connectivity index (χ4v) is 3.04. The second kappa shape index (κ2) is 6.29. The smallest absolute Gasteiger partial charge is 0.124 e. The van der Waals surface area contributed by atoms with Gasteiger partial charge in [0.15, 0.2) is 0 Å². The number of aryl methyl sites for hydroxylation is 2. The van der Waals surface area contributed by atoms with Crippen molar-refractivity contribution >= 4 is 5.69 Å². The fraction of sp³-hybridized carbons (Fsp3) is 0.625. The maximum atomic E-state index is 5.43. The standard InChI is InChI=1S/C16H26N2O/c1-12-8-15(9-13(2)16(12)19-4)18(3)11-14-6-5-7-17-10-14/h8-9,14,17H,5-7,10-11H2,1-4H3. The third kappa shape index (κ3) is 3.41. The number of ether oxygens (including phenoxy) is 1. The topological polar surface area (TPSA) is 24.5 Å². The summed E-state index contributed by atoms with van der Waals surface area (Å²) < 4.78 is 5.43. The SMILES string of the molecule is COc1c(C)cc(N(C)CC2CCCNC2)cc1C. The molecule has 0 spiro atoms. The molecule has 1 unspecified atom stereocenters. The van der Waals surface area contributed by atoms with Crippen LogP contribution in [0.5, 0.6) is 5.75 Å². The molecule has 0 aliphatic carbocycles. The first-order valence-corrected chi connectivity index (χ1v) is 7.19. The average Bonchev–Trinajstić information content (AvgIpc) is 2.39. The van der Waals surface area contributed by atoms with E-state index in [2.05, 4.69) is 43.2 Å². The third-order valence-corrected chi connectivity index (χ3v) is 4.02. The maximum Gasteiger partial charge on any atom is 0.124 e. The number of anilines is 1. The van der Waals surface area contributed by atoms with Gasteiger partial charge >= 0.3 is 0 Å². The molecule has 1 fully saturated rings. The van der Waals surface area contributed by atoms with Crippen molar-refractivity contribution in [3.05, 3.63) is 23.3 Å². The molecule has 106 valence electrons. The van der Waals surface area contributed by atoms with Crippen LogP contribution in [0.15, 0.2) is 12.1 Å². The summed E-state index contributed by atoms with van der Waals surface area (Å²) in [6.45, 7) is 7.69. The highest BCUT2D eigenvalue weighted by Gasteiger charge is 2.16. The highest BCUT2D eigenvalue weighted by Crippen LogP contribution is 2.29. The van der Waals surface area contributed by atoms with Crippen LogP contribution in [0.1, 0.15) is 24.0 Å². The minimum atomic E-state index is 0.765. The van der Waals surface area contributed by atoms with E-state index in [9.17, 15) is 0 Å². The van der Waals surface area contributed by atoms with Gasteiger partial charge in [-0.05, 0) is 69.0 Å². The van der Waals surface area contributed by atoms with Crippen LogP contribution in [0, 0.1) is 19.8 Å². The Labute approximate surface area is 116 Å². The highest BCUT2D eigenvalue weighted by atomic mass is 16.5. The van der Waals surface area contributed by atoms with Gasteiger partial charge in [-0.15, -0.1) is 0 Å². The highest BCUT2D eigenvalue weighted by molar-refractivity contribution is 5.56. The molecule has 0 radical (unpaired) electrons. The Hall–Kier alpha value is -1.22. The first kappa shape index (κ1) is 14.2. The fourth-order valence-electron chi connectivity index (χ4n) is 3.04. The molecule has 1 aromatic carbocycles. The summed E-state index contributed by atoms with van der Waals surface area (Å²) in [5, 5.41) is 3.49. The Morgan fingerprint density at radius 2 is 2.00 bits per heavy atom. The Balaban J connectivity index is 2.08. The Morgan fingerprint density at radius 1 is 1.32 bits per heavy atom. The van der Waals surface area contributed by atoms with Crippen molar-refractivity contribution in [1.82, 2.24) is 5.32 Å². The lowest BCUT2D eigenvalue weighted by molar-refractivity contribution is 0.381. The summed E-state index contributed by atoms with van der Waals surface area (Å²) in [6.07, 6.45) is 2.64. The lowest BCUT2D eigenvalue weighted by atomic mass is 9.99. The quantitative estimate of drug-likeness (QED) is 0.903. The average molecular weight is 262 g/mol. The molecule has 1 N–H and O–H groups in total. The molecule has 3 heteroatoms. The molecule has 3 nitrogen and oxygen atoms in total. The summed E-state index contributed by atoms with van der Waals surface area (Å²) in [6, 6.07) is 4.45. The maximum absolute atomic E-state index is 5.43. The van der Waals surface area contributed by atoms with Crippen molar-refractivity contribution in [2.24, 2.45) is 5.92 Å². The predicted octanol–water partition coefficient (Wildman–Crippen LogP) is 2.75. The second-order valence-electron chi connectivity index (χ2n) is 5.71. The van der Waals surface area contributed by atoms with E-state index >= 15 is 0 Å². The lowest BCUT2D eigenvalue weighted by Crippen LogP contribution is -2.36. The number of methoxy groups -OCH3 is 1. The molecule has 1 aliphatic heterocycles.